The van der Waals surface area contributed by atoms with Gasteiger partial charge in [-0.3, -0.25) is 4.79 Å². The van der Waals surface area contributed by atoms with Crippen LogP contribution in [0, 0.1) is 18.8 Å². The molecule has 2 bridgehead atoms. The number of sulfonamides is 1. The molecular formula is C24H30N2O3S. The summed E-state index contributed by atoms with van der Waals surface area (Å²) in [5.74, 6) is 1.40. The summed E-state index contributed by atoms with van der Waals surface area (Å²) >= 11 is 0. The second kappa shape index (κ2) is 8.52. The summed E-state index contributed by atoms with van der Waals surface area (Å²) in [6.45, 7) is 4.43. The molecule has 160 valence electrons. The van der Waals surface area contributed by atoms with Gasteiger partial charge in [0.2, 0.25) is 10.0 Å². The summed E-state index contributed by atoms with van der Waals surface area (Å²) in [5.41, 5.74) is 2.52. The van der Waals surface area contributed by atoms with Crippen molar-refractivity contribution in [3.8, 4) is 0 Å². The minimum Gasteiger partial charge on any atom is -0.349 e. The largest absolute Gasteiger partial charge is 0.349 e. The summed E-state index contributed by atoms with van der Waals surface area (Å²) < 4.78 is 27.4. The van der Waals surface area contributed by atoms with Gasteiger partial charge in [0.05, 0.1) is 4.90 Å². The number of amides is 1. The van der Waals surface area contributed by atoms with Crippen molar-refractivity contribution in [2.24, 2.45) is 11.8 Å². The molecule has 5 nitrogen and oxygen atoms in total. The fourth-order valence-corrected chi connectivity index (χ4v) is 6.30. The normalized spacial score (nSPS) is 23.1. The molecule has 2 aliphatic rings. The van der Waals surface area contributed by atoms with Crippen molar-refractivity contribution in [3.05, 3.63) is 65.2 Å². The van der Waals surface area contributed by atoms with E-state index in [2.05, 4.69) is 5.32 Å². The topological polar surface area (TPSA) is 66.5 Å². The summed E-state index contributed by atoms with van der Waals surface area (Å²) in [4.78, 5) is 12.9. The second-order valence-corrected chi connectivity index (χ2v) is 10.6. The van der Waals surface area contributed by atoms with Crippen LogP contribution < -0.4 is 5.32 Å². The van der Waals surface area contributed by atoms with Gasteiger partial charge in [0.15, 0.2) is 0 Å². The standard InChI is InChI=1S/C24H30N2O3S/c1-3-26(30(28,29)22-12-4-17(2)5-13-22)16-18-6-9-20(10-7-18)24(27)25-23-15-19-8-11-21(23)14-19/h4-7,9-10,12-13,19,21,23H,3,8,11,14-16H2,1-2H3,(H,25,27)/t19-,21-,23-/m0/s1. The third kappa shape index (κ3) is 4.30. The maximum absolute atomic E-state index is 13.0. The molecule has 2 aromatic rings. The quantitative estimate of drug-likeness (QED) is 0.724. The fourth-order valence-electron chi connectivity index (χ4n) is 4.86. The Labute approximate surface area is 179 Å². The molecule has 2 saturated carbocycles. The van der Waals surface area contributed by atoms with E-state index in [0.29, 0.717) is 29.0 Å². The van der Waals surface area contributed by atoms with Crippen LogP contribution in [0.25, 0.3) is 0 Å². The molecule has 0 aliphatic heterocycles. The van der Waals surface area contributed by atoms with E-state index in [0.717, 1.165) is 23.5 Å². The number of aryl methyl sites for hydroxylation is 1. The monoisotopic (exact) mass is 426 g/mol. The van der Waals surface area contributed by atoms with E-state index in [-0.39, 0.29) is 12.5 Å². The van der Waals surface area contributed by atoms with Crippen LogP contribution >= 0.6 is 0 Å². The molecule has 1 N–H and O–H groups in total. The van der Waals surface area contributed by atoms with Crippen molar-refractivity contribution in [3.63, 3.8) is 0 Å². The lowest BCUT2D eigenvalue weighted by atomic mass is 9.95. The number of fused-ring (bicyclic) bond motifs is 2. The lowest BCUT2D eigenvalue weighted by molar-refractivity contribution is 0.0923. The Bertz CT molecular complexity index is 1000. The zero-order chi connectivity index (χ0) is 21.3. The van der Waals surface area contributed by atoms with E-state index in [1.165, 1.54) is 23.6 Å². The number of hydrogen-bond acceptors (Lipinski definition) is 3. The first-order valence-corrected chi connectivity index (χ1v) is 12.3. The van der Waals surface area contributed by atoms with Gasteiger partial charge in [-0.05, 0) is 67.9 Å². The Morgan fingerprint density at radius 1 is 1.03 bits per heavy atom. The molecule has 0 saturated heterocycles. The molecule has 0 unspecified atom stereocenters. The van der Waals surface area contributed by atoms with E-state index >= 15 is 0 Å². The first-order chi connectivity index (χ1) is 14.4. The lowest BCUT2D eigenvalue weighted by Gasteiger charge is -2.23. The second-order valence-electron chi connectivity index (χ2n) is 8.70. The third-order valence-corrected chi connectivity index (χ3v) is 8.58. The Hall–Kier alpha value is -2.18. The van der Waals surface area contributed by atoms with Crippen molar-refractivity contribution in [2.45, 2.75) is 57.0 Å². The molecule has 1 amide bonds. The van der Waals surface area contributed by atoms with Crippen molar-refractivity contribution in [1.29, 1.82) is 0 Å². The molecule has 2 fully saturated rings. The Morgan fingerprint density at radius 3 is 2.30 bits per heavy atom. The van der Waals surface area contributed by atoms with Crippen LogP contribution in [-0.4, -0.2) is 31.2 Å². The predicted octanol–water partition coefficient (Wildman–Crippen LogP) is 4.12. The van der Waals surface area contributed by atoms with E-state index in [9.17, 15) is 13.2 Å². The van der Waals surface area contributed by atoms with Crippen LogP contribution in [0.5, 0.6) is 0 Å². The van der Waals surface area contributed by atoms with Crippen LogP contribution in [0.15, 0.2) is 53.4 Å². The van der Waals surface area contributed by atoms with Gasteiger partial charge >= 0.3 is 0 Å². The number of benzene rings is 2. The van der Waals surface area contributed by atoms with Gasteiger partial charge in [-0.15, -0.1) is 0 Å². The van der Waals surface area contributed by atoms with Gasteiger partial charge in [0.1, 0.15) is 0 Å². The van der Waals surface area contributed by atoms with Gasteiger partial charge in [-0.25, -0.2) is 8.42 Å². The maximum Gasteiger partial charge on any atom is 0.251 e. The first kappa shape index (κ1) is 21.1. The smallest absolute Gasteiger partial charge is 0.251 e. The summed E-state index contributed by atoms with van der Waals surface area (Å²) in [7, 11) is -3.56. The molecule has 0 radical (unpaired) electrons. The molecular weight excluding hydrogens is 396 g/mol. The van der Waals surface area contributed by atoms with Crippen molar-refractivity contribution < 1.29 is 13.2 Å². The number of rotatable bonds is 7. The van der Waals surface area contributed by atoms with Crippen molar-refractivity contribution >= 4 is 15.9 Å². The Balaban J connectivity index is 1.41. The maximum atomic E-state index is 13.0. The zero-order valence-corrected chi connectivity index (χ0v) is 18.5. The lowest BCUT2D eigenvalue weighted by Crippen LogP contribution is -2.38. The highest BCUT2D eigenvalue weighted by Gasteiger charge is 2.40. The molecule has 4 rings (SSSR count). The number of nitrogens with zero attached hydrogens (tertiary/aromatic N) is 1. The number of carbonyl (C=O) groups excluding carboxylic acids is 1. The SMILES string of the molecule is CCN(Cc1ccc(C(=O)N[C@H]2C[C@H]3CC[C@H]2C3)cc1)S(=O)(=O)c1ccc(C)cc1. The first-order valence-electron chi connectivity index (χ1n) is 10.8. The minimum absolute atomic E-state index is 0.0290. The average molecular weight is 427 g/mol. The van der Waals surface area contributed by atoms with Crippen LogP contribution in [0.1, 0.15) is 54.1 Å². The Kier molecular flexibility index (Phi) is 5.98. The summed E-state index contributed by atoms with van der Waals surface area (Å²) in [6, 6.07) is 14.5. The number of carbonyl (C=O) groups is 1. The minimum atomic E-state index is -3.56. The van der Waals surface area contributed by atoms with Gasteiger partial charge in [0, 0.05) is 24.7 Å². The highest BCUT2D eigenvalue weighted by molar-refractivity contribution is 7.89. The van der Waals surface area contributed by atoms with Crippen LogP contribution in [-0.2, 0) is 16.6 Å². The molecule has 3 atom stereocenters. The van der Waals surface area contributed by atoms with E-state index in [4.69, 9.17) is 0 Å². The van der Waals surface area contributed by atoms with Gasteiger partial charge in [-0.1, -0.05) is 43.2 Å². The Morgan fingerprint density at radius 2 is 1.73 bits per heavy atom. The highest BCUT2D eigenvalue weighted by Crippen LogP contribution is 2.44. The molecule has 2 aromatic carbocycles. The molecule has 0 spiro atoms. The highest BCUT2D eigenvalue weighted by atomic mass is 32.2. The average Bonchev–Trinajstić information content (AvgIpc) is 3.36. The molecule has 0 aromatic heterocycles. The van der Waals surface area contributed by atoms with Crippen molar-refractivity contribution in [2.75, 3.05) is 6.54 Å². The van der Waals surface area contributed by atoms with Crippen molar-refractivity contribution in [1.82, 2.24) is 9.62 Å². The van der Waals surface area contributed by atoms with E-state index in [1.54, 1.807) is 24.3 Å². The third-order valence-electron chi connectivity index (χ3n) is 6.64. The van der Waals surface area contributed by atoms with E-state index in [1.807, 2.05) is 38.1 Å². The number of hydrogen-bond donors (Lipinski definition) is 1. The van der Waals surface area contributed by atoms with Gasteiger partial charge in [0.25, 0.3) is 5.91 Å². The van der Waals surface area contributed by atoms with Gasteiger partial charge in [-0.2, -0.15) is 4.31 Å². The van der Waals surface area contributed by atoms with Crippen LogP contribution in [0.4, 0.5) is 0 Å². The van der Waals surface area contributed by atoms with Crippen LogP contribution in [0.3, 0.4) is 0 Å². The molecule has 6 heteroatoms. The van der Waals surface area contributed by atoms with Gasteiger partial charge < -0.3 is 5.32 Å². The molecule has 30 heavy (non-hydrogen) atoms. The predicted molar refractivity (Wildman–Crippen MR) is 118 cm³/mol. The summed E-state index contributed by atoms with van der Waals surface area (Å²) in [6.07, 6.45) is 4.91. The van der Waals surface area contributed by atoms with E-state index < -0.39 is 10.0 Å². The fraction of sp³-hybridized carbons (Fsp3) is 0.458. The molecule has 2 aliphatic carbocycles. The molecule has 0 heterocycles. The number of nitrogens with one attached hydrogen (secondary N) is 1. The zero-order valence-electron chi connectivity index (χ0n) is 17.7. The van der Waals surface area contributed by atoms with Crippen LogP contribution in [0.2, 0.25) is 0 Å². The summed E-state index contributed by atoms with van der Waals surface area (Å²) in [5, 5.41) is 3.20.